The fourth-order valence-corrected chi connectivity index (χ4v) is 4.93. The van der Waals surface area contributed by atoms with Crippen molar-refractivity contribution >= 4 is 32.9 Å². The van der Waals surface area contributed by atoms with E-state index < -0.39 is 0 Å². The van der Waals surface area contributed by atoms with E-state index in [4.69, 9.17) is 4.98 Å². The SMILES string of the molecule is CCCCCc1cc2nc3ccc(N(C)C)cc3sc-2c(N(C)C)c1=[N+](C)C. The third-order valence-corrected chi connectivity index (χ3v) is 6.30. The molecule has 0 saturated carbocycles. The first kappa shape index (κ1) is 20.6. The molecule has 2 aliphatic rings. The van der Waals surface area contributed by atoms with E-state index in [1.54, 1.807) is 0 Å². The summed E-state index contributed by atoms with van der Waals surface area (Å²) in [6, 6.07) is 8.86. The van der Waals surface area contributed by atoms with Crippen LogP contribution in [0.25, 0.3) is 20.8 Å². The molecule has 1 heterocycles. The average molecular weight is 398 g/mol. The largest absolute Gasteiger partial charge is 0.378 e. The molecule has 28 heavy (non-hydrogen) atoms. The van der Waals surface area contributed by atoms with Crippen molar-refractivity contribution < 1.29 is 0 Å². The van der Waals surface area contributed by atoms with E-state index in [0.717, 1.165) is 17.6 Å². The first-order chi connectivity index (χ1) is 13.3. The number of fused-ring (bicyclic) bond motifs is 2. The quantitative estimate of drug-likeness (QED) is 0.352. The second-order valence-electron chi connectivity index (χ2n) is 8.09. The summed E-state index contributed by atoms with van der Waals surface area (Å²) in [6.45, 7) is 2.26. The fraction of sp³-hybridized carbons (Fsp3) is 0.478. The van der Waals surface area contributed by atoms with Crippen LogP contribution in [-0.4, -0.2) is 47.3 Å². The zero-order valence-corrected chi connectivity index (χ0v) is 19.2. The number of benzene rings is 2. The van der Waals surface area contributed by atoms with Crippen LogP contribution in [0, 0.1) is 0 Å². The van der Waals surface area contributed by atoms with Crippen molar-refractivity contribution in [2.75, 3.05) is 52.1 Å². The maximum absolute atomic E-state index is 5.06. The molecule has 5 heteroatoms. The van der Waals surface area contributed by atoms with Crippen LogP contribution in [0.15, 0.2) is 24.3 Å². The van der Waals surface area contributed by atoms with Crippen molar-refractivity contribution in [3.63, 3.8) is 0 Å². The number of nitrogens with zero attached hydrogens (tertiary/aromatic N) is 4. The van der Waals surface area contributed by atoms with Crippen LogP contribution in [0.3, 0.4) is 0 Å². The topological polar surface area (TPSA) is 22.4 Å². The number of hydrogen-bond donors (Lipinski definition) is 0. The molecular formula is C23H33N4S+. The van der Waals surface area contributed by atoms with E-state index in [0.29, 0.717) is 0 Å². The van der Waals surface area contributed by atoms with Gasteiger partial charge in [0.25, 0.3) is 0 Å². The lowest BCUT2D eigenvalue weighted by Gasteiger charge is -2.20. The normalized spacial score (nSPS) is 11.2. The molecule has 0 radical (unpaired) electrons. The summed E-state index contributed by atoms with van der Waals surface area (Å²) in [6.07, 6.45) is 4.83. The Balaban J connectivity index is 2.34. The van der Waals surface area contributed by atoms with Gasteiger partial charge in [-0.15, -0.1) is 11.3 Å². The highest BCUT2D eigenvalue weighted by molar-refractivity contribution is 7.22. The van der Waals surface area contributed by atoms with E-state index in [1.807, 2.05) is 11.3 Å². The monoisotopic (exact) mass is 397 g/mol. The van der Waals surface area contributed by atoms with E-state index in [-0.39, 0.29) is 0 Å². The molecule has 0 atom stereocenters. The minimum atomic E-state index is 1.07. The van der Waals surface area contributed by atoms with Gasteiger partial charge in [0.1, 0.15) is 19.8 Å². The molecular weight excluding hydrogens is 364 g/mol. The van der Waals surface area contributed by atoms with Gasteiger partial charge in [-0.2, -0.15) is 0 Å². The van der Waals surface area contributed by atoms with Crippen molar-refractivity contribution in [2.24, 2.45) is 0 Å². The molecule has 1 aromatic carbocycles. The predicted molar refractivity (Wildman–Crippen MR) is 125 cm³/mol. The van der Waals surface area contributed by atoms with Crippen LogP contribution in [0.1, 0.15) is 31.7 Å². The van der Waals surface area contributed by atoms with Crippen molar-refractivity contribution in [1.82, 2.24) is 9.56 Å². The predicted octanol–water partition coefficient (Wildman–Crippen LogP) is 4.30. The summed E-state index contributed by atoms with van der Waals surface area (Å²) >= 11 is 1.85. The molecule has 0 N–H and O–H groups in total. The van der Waals surface area contributed by atoms with Crippen LogP contribution in [-0.2, 0) is 6.42 Å². The molecule has 0 saturated heterocycles. The van der Waals surface area contributed by atoms with E-state index >= 15 is 0 Å². The van der Waals surface area contributed by atoms with E-state index in [1.165, 1.54) is 51.1 Å². The van der Waals surface area contributed by atoms with Crippen LogP contribution in [0.2, 0.25) is 0 Å². The van der Waals surface area contributed by atoms with E-state index in [2.05, 4.69) is 87.9 Å². The molecule has 1 aliphatic carbocycles. The Bertz CT molecular complexity index is 1010. The Morgan fingerprint density at radius 1 is 1.00 bits per heavy atom. The summed E-state index contributed by atoms with van der Waals surface area (Å²) in [5.74, 6) is 0. The smallest absolute Gasteiger partial charge is 0.227 e. The second-order valence-corrected chi connectivity index (χ2v) is 9.14. The highest BCUT2D eigenvalue weighted by Gasteiger charge is 2.23. The van der Waals surface area contributed by atoms with Gasteiger partial charge in [-0.1, -0.05) is 19.8 Å². The van der Waals surface area contributed by atoms with Crippen LogP contribution >= 0.6 is 11.3 Å². The molecule has 0 aromatic heterocycles. The summed E-state index contributed by atoms with van der Waals surface area (Å²) < 4.78 is 3.49. The zero-order chi connectivity index (χ0) is 20.4. The highest BCUT2D eigenvalue weighted by atomic mass is 32.1. The van der Waals surface area contributed by atoms with Gasteiger partial charge >= 0.3 is 0 Å². The number of unbranched alkanes of at least 4 members (excludes halogenated alkanes) is 2. The molecule has 0 amide bonds. The fourth-order valence-electron chi connectivity index (χ4n) is 3.73. The van der Waals surface area contributed by atoms with Gasteiger partial charge in [0, 0.05) is 39.4 Å². The molecule has 3 rings (SSSR count). The third-order valence-electron chi connectivity index (χ3n) is 5.14. The van der Waals surface area contributed by atoms with Gasteiger partial charge in [0.05, 0.1) is 20.8 Å². The Kier molecular flexibility index (Phi) is 6.23. The first-order valence-corrected chi connectivity index (χ1v) is 10.9. The van der Waals surface area contributed by atoms with Gasteiger partial charge in [-0.05, 0) is 37.1 Å². The summed E-state index contributed by atoms with van der Waals surface area (Å²) in [4.78, 5) is 10.7. The van der Waals surface area contributed by atoms with Crippen molar-refractivity contribution in [3.05, 3.63) is 35.2 Å². The molecule has 0 fully saturated rings. The van der Waals surface area contributed by atoms with Crippen molar-refractivity contribution in [2.45, 2.75) is 32.6 Å². The average Bonchev–Trinajstić information content (AvgIpc) is 2.64. The zero-order valence-electron chi connectivity index (χ0n) is 18.3. The number of aromatic nitrogens is 1. The van der Waals surface area contributed by atoms with Crippen molar-refractivity contribution in [1.29, 1.82) is 0 Å². The molecule has 0 spiro atoms. The Morgan fingerprint density at radius 2 is 1.75 bits per heavy atom. The third kappa shape index (κ3) is 4.00. The first-order valence-electron chi connectivity index (χ1n) is 10.1. The molecule has 0 unspecified atom stereocenters. The Hall–Kier alpha value is -2.14. The Labute approximate surface area is 173 Å². The molecule has 1 aromatic rings. The van der Waals surface area contributed by atoms with Gasteiger partial charge < -0.3 is 9.80 Å². The van der Waals surface area contributed by atoms with Crippen LogP contribution in [0.5, 0.6) is 0 Å². The van der Waals surface area contributed by atoms with Gasteiger partial charge in [0.15, 0.2) is 0 Å². The lowest BCUT2D eigenvalue weighted by atomic mass is 10.0. The van der Waals surface area contributed by atoms with Crippen LogP contribution < -0.4 is 19.7 Å². The lowest BCUT2D eigenvalue weighted by Crippen LogP contribution is -2.33. The van der Waals surface area contributed by atoms with Gasteiger partial charge in [0.2, 0.25) is 5.36 Å². The highest BCUT2D eigenvalue weighted by Crippen LogP contribution is 2.37. The van der Waals surface area contributed by atoms with Gasteiger partial charge in [-0.25, -0.2) is 9.56 Å². The number of rotatable bonds is 6. The second kappa shape index (κ2) is 8.48. The maximum Gasteiger partial charge on any atom is 0.227 e. The minimum absolute atomic E-state index is 1.07. The number of anilines is 2. The summed E-state index contributed by atoms with van der Waals surface area (Å²) in [5, 5.41) is 1.33. The lowest BCUT2D eigenvalue weighted by molar-refractivity contribution is 0.703. The molecule has 1 aliphatic heterocycles. The molecule has 150 valence electrons. The van der Waals surface area contributed by atoms with Gasteiger partial charge in [-0.3, -0.25) is 0 Å². The summed E-state index contributed by atoms with van der Waals surface area (Å²) in [5.41, 5.74) is 6.07. The summed E-state index contributed by atoms with van der Waals surface area (Å²) in [7, 11) is 12.8. The number of hydrogen-bond acceptors (Lipinski definition) is 4. The molecule has 0 bridgehead atoms. The maximum atomic E-state index is 5.06. The molecule has 4 nitrogen and oxygen atoms in total. The van der Waals surface area contributed by atoms with Crippen molar-refractivity contribution in [3.8, 4) is 10.6 Å². The Morgan fingerprint density at radius 3 is 2.36 bits per heavy atom. The standard InChI is InChI=1S/C23H33N4S/c1-8-9-10-11-16-14-19-23(22(27(6)7)21(16)26(4)5)28-20-15-17(25(2)3)12-13-18(20)24-19/h12-15H,8-11H2,1-7H3/q+1. The van der Waals surface area contributed by atoms with Crippen LogP contribution in [0.4, 0.5) is 11.4 Å². The minimum Gasteiger partial charge on any atom is -0.378 e. The number of aryl methyl sites for hydroxylation is 1. The van der Waals surface area contributed by atoms with E-state index in [9.17, 15) is 0 Å².